The molecule has 21 heavy (non-hydrogen) atoms. The fraction of sp³-hybridized carbons (Fsp3) is 0.0667. The predicted octanol–water partition coefficient (Wildman–Crippen LogP) is 2.35. The van der Waals surface area contributed by atoms with Crippen molar-refractivity contribution in [1.29, 1.82) is 0 Å². The summed E-state index contributed by atoms with van der Waals surface area (Å²) in [6, 6.07) is 10.1. The smallest absolute Gasteiger partial charge is 0.335 e. The van der Waals surface area contributed by atoms with Gasteiger partial charge in [-0.25, -0.2) is 4.79 Å². The Hall–Kier alpha value is -3.02. The van der Waals surface area contributed by atoms with Gasteiger partial charge in [-0.2, -0.15) is 0 Å². The number of amides is 1. The Morgan fingerprint density at radius 1 is 1.05 bits per heavy atom. The number of carboxylic acid groups (broad SMARTS) is 1. The minimum atomic E-state index is -1.15. The highest BCUT2D eigenvalue weighted by atomic mass is 16.5. The van der Waals surface area contributed by atoms with Gasteiger partial charge in [-0.3, -0.25) is 4.79 Å². The van der Waals surface area contributed by atoms with Crippen LogP contribution in [0.15, 0.2) is 42.5 Å². The Bertz CT molecular complexity index is 679. The van der Waals surface area contributed by atoms with E-state index in [4.69, 9.17) is 9.84 Å². The van der Waals surface area contributed by atoms with Crippen molar-refractivity contribution >= 4 is 17.6 Å². The summed E-state index contributed by atoms with van der Waals surface area (Å²) in [6.45, 7) is 0. The molecule has 6 heteroatoms. The third kappa shape index (κ3) is 3.30. The first-order chi connectivity index (χ1) is 10.0. The van der Waals surface area contributed by atoms with Crippen LogP contribution < -0.4 is 10.1 Å². The van der Waals surface area contributed by atoms with Crippen LogP contribution in [0.3, 0.4) is 0 Å². The molecule has 2 rings (SSSR count). The predicted molar refractivity (Wildman–Crippen MR) is 76.0 cm³/mol. The van der Waals surface area contributed by atoms with Crippen molar-refractivity contribution < 1.29 is 24.5 Å². The molecule has 0 unspecified atom stereocenters. The number of aromatic hydroxyl groups is 1. The molecule has 0 bridgehead atoms. The molecule has 0 spiro atoms. The van der Waals surface area contributed by atoms with E-state index < -0.39 is 11.9 Å². The minimum Gasteiger partial charge on any atom is -0.506 e. The van der Waals surface area contributed by atoms with Gasteiger partial charge in [-0.15, -0.1) is 0 Å². The molecule has 0 aliphatic rings. The zero-order valence-electron chi connectivity index (χ0n) is 11.2. The second kappa shape index (κ2) is 5.96. The summed E-state index contributed by atoms with van der Waals surface area (Å²) in [6.07, 6.45) is 0. The number of carboxylic acids is 1. The summed E-state index contributed by atoms with van der Waals surface area (Å²) in [7, 11) is 1.52. The van der Waals surface area contributed by atoms with Crippen molar-refractivity contribution in [2.24, 2.45) is 0 Å². The summed E-state index contributed by atoms with van der Waals surface area (Å²) < 4.78 is 4.99. The summed E-state index contributed by atoms with van der Waals surface area (Å²) in [4.78, 5) is 22.8. The van der Waals surface area contributed by atoms with Gasteiger partial charge in [0.25, 0.3) is 5.91 Å². The SMILES string of the molecule is COc1ccc(C(=O)Nc2ccc(C(=O)O)cc2O)cc1. The second-order valence-corrected chi connectivity index (χ2v) is 4.22. The summed E-state index contributed by atoms with van der Waals surface area (Å²) in [5.74, 6) is -1.26. The van der Waals surface area contributed by atoms with E-state index in [1.54, 1.807) is 24.3 Å². The normalized spacial score (nSPS) is 9.95. The van der Waals surface area contributed by atoms with Gasteiger partial charge in [0.15, 0.2) is 0 Å². The molecule has 0 radical (unpaired) electrons. The van der Waals surface area contributed by atoms with E-state index in [9.17, 15) is 14.7 Å². The van der Waals surface area contributed by atoms with E-state index in [0.29, 0.717) is 11.3 Å². The van der Waals surface area contributed by atoms with Crippen LogP contribution in [0.25, 0.3) is 0 Å². The van der Waals surface area contributed by atoms with E-state index in [0.717, 1.165) is 6.07 Å². The Labute approximate surface area is 120 Å². The zero-order valence-corrected chi connectivity index (χ0v) is 11.2. The topological polar surface area (TPSA) is 95.9 Å². The van der Waals surface area contributed by atoms with Crippen LogP contribution in [0.2, 0.25) is 0 Å². The maximum Gasteiger partial charge on any atom is 0.335 e. The van der Waals surface area contributed by atoms with Crippen molar-refractivity contribution in [2.45, 2.75) is 0 Å². The van der Waals surface area contributed by atoms with Gasteiger partial charge in [-0.1, -0.05) is 0 Å². The lowest BCUT2D eigenvalue weighted by atomic mass is 10.1. The van der Waals surface area contributed by atoms with Crippen LogP contribution in [0.1, 0.15) is 20.7 Å². The third-order valence-corrected chi connectivity index (χ3v) is 2.85. The quantitative estimate of drug-likeness (QED) is 0.750. The summed E-state index contributed by atoms with van der Waals surface area (Å²) in [5.41, 5.74) is 0.466. The summed E-state index contributed by atoms with van der Waals surface area (Å²) >= 11 is 0. The Morgan fingerprint density at radius 2 is 1.67 bits per heavy atom. The first-order valence-electron chi connectivity index (χ1n) is 6.03. The van der Waals surface area contributed by atoms with Gasteiger partial charge in [0, 0.05) is 5.56 Å². The molecular weight excluding hydrogens is 274 g/mol. The average molecular weight is 287 g/mol. The van der Waals surface area contributed by atoms with Gasteiger partial charge >= 0.3 is 5.97 Å². The van der Waals surface area contributed by atoms with Crippen LogP contribution in [-0.2, 0) is 0 Å². The molecule has 2 aromatic rings. The van der Waals surface area contributed by atoms with E-state index in [1.807, 2.05) is 0 Å². The Morgan fingerprint density at radius 3 is 2.19 bits per heavy atom. The first-order valence-corrected chi connectivity index (χ1v) is 6.03. The molecule has 3 N–H and O–H groups in total. The number of ether oxygens (including phenoxy) is 1. The fourth-order valence-electron chi connectivity index (χ4n) is 1.71. The van der Waals surface area contributed by atoms with Crippen LogP contribution >= 0.6 is 0 Å². The highest BCUT2D eigenvalue weighted by Crippen LogP contribution is 2.25. The number of aromatic carboxylic acids is 1. The van der Waals surface area contributed by atoms with Crippen LogP contribution in [0.4, 0.5) is 5.69 Å². The zero-order chi connectivity index (χ0) is 15.4. The maximum atomic E-state index is 12.0. The largest absolute Gasteiger partial charge is 0.506 e. The number of hydrogen-bond donors (Lipinski definition) is 3. The second-order valence-electron chi connectivity index (χ2n) is 4.22. The highest BCUT2D eigenvalue weighted by Gasteiger charge is 2.11. The van der Waals surface area contributed by atoms with Gasteiger partial charge in [0.1, 0.15) is 11.5 Å². The van der Waals surface area contributed by atoms with Gasteiger partial charge in [-0.05, 0) is 42.5 Å². The number of nitrogens with one attached hydrogen (secondary N) is 1. The van der Waals surface area contributed by atoms with Crippen molar-refractivity contribution in [3.8, 4) is 11.5 Å². The molecule has 0 saturated carbocycles. The first kappa shape index (κ1) is 14.4. The molecule has 0 aliphatic carbocycles. The standard InChI is InChI=1S/C15H13NO5/c1-21-11-5-2-9(3-6-11)14(18)16-12-7-4-10(15(19)20)8-13(12)17/h2-8,17H,1H3,(H,16,18)(H,19,20). The fourth-order valence-corrected chi connectivity index (χ4v) is 1.71. The lowest BCUT2D eigenvalue weighted by Gasteiger charge is -2.08. The van der Waals surface area contributed by atoms with E-state index >= 15 is 0 Å². The molecule has 1 amide bonds. The van der Waals surface area contributed by atoms with Gasteiger partial charge < -0.3 is 20.3 Å². The van der Waals surface area contributed by atoms with Crippen molar-refractivity contribution in [1.82, 2.24) is 0 Å². The number of carbonyl (C=O) groups is 2. The number of rotatable bonds is 4. The number of phenolic OH excluding ortho intramolecular Hbond substituents is 1. The number of hydrogen-bond acceptors (Lipinski definition) is 4. The van der Waals surface area contributed by atoms with E-state index in [1.165, 1.54) is 19.2 Å². The lowest BCUT2D eigenvalue weighted by molar-refractivity contribution is 0.0696. The van der Waals surface area contributed by atoms with Crippen molar-refractivity contribution in [3.63, 3.8) is 0 Å². The number of carbonyl (C=O) groups excluding carboxylic acids is 1. The number of methoxy groups -OCH3 is 1. The van der Waals surface area contributed by atoms with Gasteiger partial charge in [0.2, 0.25) is 0 Å². The molecular formula is C15H13NO5. The number of phenols is 1. The van der Waals surface area contributed by atoms with Crippen molar-refractivity contribution in [2.75, 3.05) is 12.4 Å². The van der Waals surface area contributed by atoms with Crippen LogP contribution in [0.5, 0.6) is 11.5 Å². The Kier molecular flexibility index (Phi) is 4.08. The number of benzene rings is 2. The molecule has 0 aromatic heterocycles. The molecule has 0 heterocycles. The Balaban J connectivity index is 2.17. The van der Waals surface area contributed by atoms with Crippen LogP contribution in [0, 0.1) is 0 Å². The molecule has 0 fully saturated rings. The van der Waals surface area contributed by atoms with Gasteiger partial charge in [0.05, 0.1) is 18.4 Å². The van der Waals surface area contributed by atoms with Crippen LogP contribution in [-0.4, -0.2) is 29.2 Å². The van der Waals surface area contributed by atoms with Crippen molar-refractivity contribution in [3.05, 3.63) is 53.6 Å². The maximum absolute atomic E-state index is 12.0. The lowest BCUT2D eigenvalue weighted by Crippen LogP contribution is -2.12. The molecule has 2 aromatic carbocycles. The summed E-state index contributed by atoms with van der Waals surface area (Å²) in [5, 5.41) is 21.0. The monoisotopic (exact) mass is 287 g/mol. The molecule has 0 atom stereocenters. The highest BCUT2D eigenvalue weighted by molar-refractivity contribution is 6.05. The van der Waals surface area contributed by atoms with E-state index in [-0.39, 0.29) is 17.0 Å². The minimum absolute atomic E-state index is 0.0602. The molecule has 0 saturated heterocycles. The molecule has 108 valence electrons. The average Bonchev–Trinajstić information content (AvgIpc) is 2.49. The molecule has 0 aliphatic heterocycles. The third-order valence-electron chi connectivity index (χ3n) is 2.85. The molecule has 6 nitrogen and oxygen atoms in total. The van der Waals surface area contributed by atoms with E-state index in [2.05, 4.69) is 5.32 Å². The number of anilines is 1.